The highest BCUT2D eigenvalue weighted by Gasteiger charge is 2.22. The SMILES string of the molecule is C[C@@H]1C[OH+]1. The first-order chi connectivity index (χ1) is 1.89. The van der Waals surface area contributed by atoms with Gasteiger partial charge in [0.15, 0.2) is 0 Å². The Morgan fingerprint density at radius 2 is 2.25 bits per heavy atom. The van der Waals surface area contributed by atoms with Gasteiger partial charge in [-0.15, -0.1) is 0 Å². The molecule has 0 aromatic carbocycles. The maximum atomic E-state index is 3.90. The number of aliphatic hydroxyl groups is 2. The van der Waals surface area contributed by atoms with Crippen molar-refractivity contribution in [3.05, 3.63) is 0 Å². The molecular formula is C3H7O+. The van der Waals surface area contributed by atoms with Crippen molar-refractivity contribution in [1.29, 1.82) is 0 Å². The second kappa shape index (κ2) is 0.462. The number of hydrogen-bond acceptors (Lipinski definition) is 0. The van der Waals surface area contributed by atoms with Crippen LogP contribution in [-0.4, -0.2) is 17.4 Å². The van der Waals surface area contributed by atoms with E-state index in [9.17, 15) is 0 Å². The maximum Gasteiger partial charge on any atom is 0.221 e. The topological polar surface area (TPSA) is 12.8 Å². The van der Waals surface area contributed by atoms with Crippen LogP contribution in [0, 0.1) is 0 Å². The molecule has 0 unspecified atom stereocenters. The standard InChI is InChI=1S/C3H6O/c1-3-2-4-3/h3H,2H2,1H3/p+1/t3-/m1/s1. The summed E-state index contributed by atoms with van der Waals surface area (Å²) in [5, 5.41) is 0. The van der Waals surface area contributed by atoms with Gasteiger partial charge in [-0.2, -0.15) is 0 Å². The van der Waals surface area contributed by atoms with Gasteiger partial charge in [0.05, 0.1) is 0 Å². The molecular weight excluding hydrogens is 52.0 g/mol. The van der Waals surface area contributed by atoms with Crippen molar-refractivity contribution < 1.29 is 4.74 Å². The third kappa shape index (κ3) is 0.206. The monoisotopic (exact) mass is 59.0 g/mol. The molecule has 0 aromatic heterocycles. The highest BCUT2D eigenvalue weighted by molar-refractivity contribution is 4.55. The molecule has 1 fully saturated rings. The van der Waals surface area contributed by atoms with Crippen LogP contribution in [0.2, 0.25) is 0 Å². The molecule has 0 radical (unpaired) electrons. The first kappa shape index (κ1) is 2.21. The Balaban J connectivity index is 2.17. The number of hydrogen-bond donors (Lipinski definition) is 0. The number of rotatable bonds is 0. The fourth-order valence-corrected chi connectivity index (χ4v) is 0.105. The van der Waals surface area contributed by atoms with Gasteiger partial charge in [0.1, 0.15) is 0 Å². The molecule has 0 aliphatic carbocycles. The van der Waals surface area contributed by atoms with Crippen LogP contribution in [0.5, 0.6) is 0 Å². The van der Waals surface area contributed by atoms with E-state index in [1.165, 1.54) is 0 Å². The van der Waals surface area contributed by atoms with Crippen LogP contribution in [0.1, 0.15) is 6.92 Å². The Bertz CT molecular complexity index is 22.5. The Morgan fingerprint density at radius 3 is 2.25 bits per heavy atom. The van der Waals surface area contributed by atoms with Gasteiger partial charge in [-0.05, 0) is 0 Å². The number of epoxide rings is 1. The van der Waals surface area contributed by atoms with Gasteiger partial charge in [-0.1, -0.05) is 0 Å². The minimum atomic E-state index is 0.708. The van der Waals surface area contributed by atoms with Crippen LogP contribution >= 0.6 is 0 Å². The quantitative estimate of drug-likeness (QED) is 0.273. The molecule has 1 heteroatoms. The lowest BCUT2D eigenvalue weighted by molar-refractivity contribution is 0.213. The summed E-state index contributed by atoms with van der Waals surface area (Å²) in [4.78, 5) is 0. The first-order valence-corrected chi connectivity index (χ1v) is 1.56. The normalized spacial score (nSPS) is 39.8. The lowest BCUT2D eigenvalue weighted by Gasteiger charge is -1.44. The molecule has 1 saturated heterocycles. The molecule has 1 N–H and O–H groups in total. The summed E-state index contributed by atoms with van der Waals surface area (Å²) in [7, 11) is 0. The van der Waals surface area contributed by atoms with E-state index in [1.54, 1.807) is 0 Å². The third-order valence-electron chi connectivity index (χ3n) is 0.548. The van der Waals surface area contributed by atoms with Crippen molar-refractivity contribution in [2.45, 2.75) is 13.0 Å². The van der Waals surface area contributed by atoms with Crippen molar-refractivity contribution >= 4 is 0 Å². The van der Waals surface area contributed by atoms with E-state index in [-0.39, 0.29) is 0 Å². The zero-order valence-electron chi connectivity index (χ0n) is 2.73. The Kier molecular flexibility index (Phi) is 0.256. The molecule has 1 aliphatic rings. The van der Waals surface area contributed by atoms with Crippen LogP contribution in [-0.2, 0) is 0 Å². The average molecular weight is 59.1 g/mol. The summed E-state index contributed by atoms with van der Waals surface area (Å²) < 4.78 is 3.90. The molecule has 0 bridgehead atoms. The molecule has 1 atom stereocenters. The summed E-state index contributed by atoms with van der Waals surface area (Å²) in [6.07, 6.45) is 0.708. The first-order valence-electron chi connectivity index (χ1n) is 1.56. The maximum absolute atomic E-state index is 3.90. The molecule has 0 amide bonds. The molecule has 1 rings (SSSR count). The molecule has 1 aliphatic heterocycles. The van der Waals surface area contributed by atoms with E-state index in [1.807, 2.05) is 0 Å². The second-order valence-electron chi connectivity index (χ2n) is 1.21. The smallest absolute Gasteiger partial charge is 0.221 e. The Morgan fingerprint density at radius 1 is 2.00 bits per heavy atom. The van der Waals surface area contributed by atoms with Gasteiger partial charge in [0, 0.05) is 6.92 Å². The average Bonchev–Trinajstić information content (AvgIpc) is 1.75. The summed E-state index contributed by atoms with van der Waals surface area (Å²) in [5.41, 5.74) is 0. The van der Waals surface area contributed by atoms with Crippen molar-refractivity contribution in [2.24, 2.45) is 0 Å². The fourth-order valence-electron chi connectivity index (χ4n) is 0.105. The predicted octanol–water partition coefficient (Wildman–Crippen LogP) is -0.0835. The molecule has 0 saturated carbocycles. The highest BCUT2D eigenvalue weighted by Crippen LogP contribution is 1.98. The summed E-state index contributed by atoms with van der Waals surface area (Å²) in [6, 6.07) is 0. The van der Waals surface area contributed by atoms with E-state index in [0.717, 1.165) is 6.61 Å². The Labute approximate surface area is 25.6 Å². The van der Waals surface area contributed by atoms with Crippen LogP contribution in [0.3, 0.4) is 0 Å². The van der Waals surface area contributed by atoms with Gasteiger partial charge in [-0.3, -0.25) is 0 Å². The highest BCUT2D eigenvalue weighted by atomic mass is 16.6. The third-order valence-corrected chi connectivity index (χ3v) is 0.548. The van der Waals surface area contributed by atoms with E-state index in [4.69, 9.17) is 0 Å². The fraction of sp³-hybridized carbons (Fsp3) is 1.00. The van der Waals surface area contributed by atoms with Crippen LogP contribution in [0.15, 0.2) is 0 Å². The van der Waals surface area contributed by atoms with E-state index >= 15 is 0 Å². The van der Waals surface area contributed by atoms with Gasteiger partial charge >= 0.3 is 0 Å². The second-order valence-corrected chi connectivity index (χ2v) is 1.21. The van der Waals surface area contributed by atoms with Gasteiger partial charge in [0.25, 0.3) is 0 Å². The van der Waals surface area contributed by atoms with Crippen LogP contribution < -0.4 is 0 Å². The van der Waals surface area contributed by atoms with Crippen LogP contribution in [0.25, 0.3) is 0 Å². The van der Waals surface area contributed by atoms with E-state index < -0.39 is 0 Å². The molecule has 1 nitrogen and oxygen atoms in total. The molecule has 0 spiro atoms. The zero-order valence-corrected chi connectivity index (χ0v) is 2.73. The summed E-state index contributed by atoms with van der Waals surface area (Å²) in [6.45, 7) is 3.22. The lowest BCUT2D eigenvalue weighted by Crippen LogP contribution is -1.62. The van der Waals surface area contributed by atoms with E-state index in [2.05, 4.69) is 11.7 Å². The minimum Gasteiger partial charge on any atom is -0.420 e. The molecule has 24 valence electrons. The summed E-state index contributed by atoms with van der Waals surface area (Å²) in [5.74, 6) is 0. The zero-order chi connectivity index (χ0) is 2.99. The van der Waals surface area contributed by atoms with Crippen LogP contribution in [0.4, 0.5) is 0 Å². The van der Waals surface area contributed by atoms with Gasteiger partial charge in [-0.25, -0.2) is 0 Å². The van der Waals surface area contributed by atoms with Gasteiger partial charge in [0.2, 0.25) is 12.7 Å². The van der Waals surface area contributed by atoms with Crippen molar-refractivity contribution in [1.82, 2.24) is 0 Å². The lowest BCUT2D eigenvalue weighted by atomic mass is 10.6. The van der Waals surface area contributed by atoms with Gasteiger partial charge < -0.3 is 4.74 Å². The number of ether oxygens (including phenoxy) is 1. The van der Waals surface area contributed by atoms with Crippen molar-refractivity contribution in [3.8, 4) is 0 Å². The summed E-state index contributed by atoms with van der Waals surface area (Å²) >= 11 is 0. The predicted molar refractivity (Wildman–Crippen MR) is 16.5 cm³/mol. The minimum absolute atomic E-state index is 0.708. The van der Waals surface area contributed by atoms with Crippen molar-refractivity contribution in [2.75, 3.05) is 6.61 Å². The largest absolute Gasteiger partial charge is 0.420 e. The molecule has 0 aromatic rings. The molecule has 1 heterocycles. The van der Waals surface area contributed by atoms with Crippen molar-refractivity contribution in [3.63, 3.8) is 0 Å². The van der Waals surface area contributed by atoms with E-state index in [0.29, 0.717) is 6.10 Å². The molecule has 4 heavy (non-hydrogen) atoms. The Hall–Kier alpha value is -0.0400.